The molecule has 6 aromatic rings. The van der Waals surface area contributed by atoms with E-state index < -0.39 is 5.60 Å². The van der Waals surface area contributed by atoms with Crippen molar-refractivity contribution in [1.29, 1.82) is 0 Å². The van der Waals surface area contributed by atoms with E-state index in [1.54, 1.807) is 7.11 Å². The highest BCUT2D eigenvalue weighted by Crippen LogP contribution is 2.47. The molecule has 12 rings (SSSR count). The van der Waals surface area contributed by atoms with Crippen LogP contribution in [0.5, 0.6) is 5.75 Å². The first-order chi connectivity index (χ1) is 35.9. The van der Waals surface area contributed by atoms with Crippen LogP contribution in [0.1, 0.15) is 79.5 Å². The molecule has 6 aliphatic heterocycles. The summed E-state index contributed by atoms with van der Waals surface area (Å²) < 4.78 is 10.7. The summed E-state index contributed by atoms with van der Waals surface area (Å²) in [6.07, 6.45) is 5.21. The monoisotopic (exact) mass is 1010 g/mol. The van der Waals surface area contributed by atoms with Crippen molar-refractivity contribution in [3.05, 3.63) is 166 Å². The summed E-state index contributed by atoms with van der Waals surface area (Å²) in [4.78, 5) is 36.5. The number of carbonyl (C=O) groups is 2. The van der Waals surface area contributed by atoms with Gasteiger partial charge in [-0.15, -0.1) is 0 Å². The number of hydrogen-bond donors (Lipinski definition) is 1. The number of benzene rings is 6. The van der Waals surface area contributed by atoms with Gasteiger partial charge in [0.15, 0.2) is 0 Å². The highest BCUT2D eigenvalue weighted by molar-refractivity contribution is 5.89. The molecule has 11 nitrogen and oxygen atoms in total. The van der Waals surface area contributed by atoms with Crippen LogP contribution >= 0.6 is 0 Å². The van der Waals surface area contributed by atoms with Crippen molar-refractivity contribution in [2.45, 2.75) is 90.8 Å². The van der Waals surface area contributed by atoms with Crippen molar-refractivity contribution in [1.82, 2.24) is 9.80 Å². The molecule has 1 fully saturated rings. The summed E-state index contributed by atoms with van der Waals surface area (Å²) in [6.45, 7) is 17.6. The first-order valence-electron chi connectivity index (χ1n) is 26.8. The number of nitrogens with one attached hydrogen (secondary N) is 1. The van der Waals surface area contributed by atoms with Crippen LogP contribution in [-0.4, -0.2) is 109 Å². The SMILES string of the molecule is CC(=O)Nc1ccc2c(c1)CCN2C.CN1CCc2c(-c3ccccc3)cccc21.CN1Cc2ccccc2C1.COc1ccc2c(c1)CCN2C.Cc1ccc2c(c1)C1(CCN(C(=O)OC(C)(C)C)CC1)CN2C. The second-order valence-electron chi connectivity index (χ2n) is 22.3. The Morgan fingerprint density at radius 1 is 0.587 bits per heavy atom. The van der Waals surface area contributed by atoms with Gasteiger partial charge in [-0.2, -0.15) is 0 Å². The van der Waals surface area contributed by atoms with Crippen molar-refractivity contribution >= 4 is 40.4 Å². The molecule has 0 aromatic heterocycles. The summed E-state index contributed by atoms with van der Waals surface area (Å²) in [5, 5.41) is 2.79. The average Bonchev–Trinajstić information content (AvgIpc) is 4.22. The third kappa shape index (κ3) is 13.3. The Balaban J connectivity index is 0.000000128. The Labute approximate surface area is 448 Å². The number of nitrogens with zero attached hydrogens (tertiary/aromatic N) is 6. The molecule has 2 amide bonds. The van der Waals surface area contributed by atoms with Crippen LogP contribution in [0.3, 0.4) is 0 Å². The number of likely N-dealkylation sites (tertiary alicyclic amines) is 1. The molecule has 0 aliphatic carbocycles. The van der Waals surface area contributed by atoms with E-state index in [1.807, 2.05) is 37.8 Å². The largest absolute Gasteiger partial charge is 0.497 e. The molecule has 11 heteroatoms. The Kier molecular flexibility index (Phi) is 17.2. The predicted octanol–water partition coefficient (Wildman–Crippen LogP) is 12.0. The standard InChI is InChI=1S/C19H28N2O2.C15H15N.C11H14N2O.C10H13NO.C9H11N/c1-14-6-7-16-15(12-14)19(13-20(16)5)8-10-21(11-9-19)17(22)23-18(2,3)4;1-16-11-10-14-13(8-5-9-15(14)16)12-6-3-2-4-7-12;1-8(14)12-10-3-4-11-9(7-10)5-6-13(11)2;1-11-6-5-8-7-9(12-2)3-4-10(8)11;1-10-6-8-4-2-3-5-9(8)7-10/h6-7,12H,8-11,13H2,1-5H3;2-9H,10-11H2,1H3;3-4,7H,5-6H2,1-2H3,(H,12,14);3-4,7H,5-6H2,1-2H3;2-5H,6-7H2,1H3. The molecule has 6 aliphatic rings. The number of hydrogen-bond acceptors (Lipinski definition) is 9. The van der Waals surface area contributed by atoms with Crippen LogP contribution in [0.2, 0.25) is 0 Å². The van der Waals surface area contributed by atoms with Gasteiger partial charge in [-0.05, 0) is 160 Å². The highest BCUT2D eigenvalue weighted by Gasteiger charge is 2.45. The summed E-state index contributed by atoms with van der Waals surface area (Å²) in [5.74, 6) is 0.945. The predicted molar refractivity (Wildman–Crippen MR) is 311 cm³/mol. The quantitative estimate of drug-likeness (QED) is 0.186. The lowest BCUT2D eigenvalue weighted by atomic mass is 9.74. The molecule has 1 N–H and O–H groups in total. The van der Waals surface area contributed by atoms with E-state index in [9.17, 15) is 9.59 Å². The molecule has 0 radical (unpaired) electrons. The van der Waals surface area contributed by atoms with Gasteiger partial charge in [-0.1, -0.05) is 84.4 Å². The van der Waals surface area contributed by atoms with Crippen molar-refractivity contribution in [3.63, 3.8) is 0 Å². The lowest BCUT2D eigenvalue weighted by Gasteiger charge is -2.40. The summed E-state index contributed by atoms with van der Waals surface area (Å²) in [5.41, 5.74) is 18.7. The summed E-state index contributed by atoms with van der Waals surface area (Å²) in [7, 11) is 12.4. The van der Waals surface area contributed by atoms with E-state index in [1.165, 1.54) is 79.7 Å². The van der Waals surface area contributed by atoms with Crippen molar-refractivity contribution < 1.29 is 19.1 Å². The molecule has 6 heterocycles. The molecule has 75 heavy (non-hydrogen) atoms. The fraction of sp³-hybridized carbons (Fsp3) is 0.406. The fourth-order valence-corrected chi connectivity index (χ4v) is 11.4. The van der Waals surface area contributed by atoms with E-state index in [2.05, 4.69) is 187 Å². The zero-order chi connectivity index (χ0) is 53.4. The zero-order valence-electron chi connectivity index (χ0n) is 46.6. The maximum atomic E-state index is 12.3. The van der Waals surface area contributed by atoms with E-state index in [0.29, 0.717) is 0 Å². The summed E-state index contributed by atoms with van der Waals surface area (Å²) in [6, 6.07) is 45.0. The fourth-order valence-electron chi connectivity index (χ4n) is 11.4. The van der Waals surface area contributed by atoms with Gasteiger partial charge in [0.05, 0.1) is 7.11 Å². The van der Waals surface area contributed by atoms with Crippen LogP contribution in [0.25, 0.3) is 11.1 Å². The molecule has 0 unspecified atom stereocenters. The molecule has 0 saturated carbocycles. The van der Waals surface area contributed by atoms with Crippen molar-refractivity contribution in [2.24, 2.45) is 0 Å². The molecule has 396 valence electrons. The minimum atomic E-state index is -0.427. The molecule has 6 aromatic carbocycles. The van der Waals surface area contributed by atoms with Crippen LogP contribution in [-0.2, 0) is 47.3 Å². The zero-order valence-corrected chi connectivity index (χ0v) is 46.6. The van der Waals surface area contributed by atoms with Gasteiger partial charge in [0.1, 0.15) is 11.4 Å². The molecule has 1 saturated heterocycles. The Morgan fingerprint density at radius 2 is 1.17 bits per heavy atom. The first-order valence-corrected chi connectivity index (χ1v) is 26.8. The van der Waals surface area contributed by atoms with E-state index in [0.717, 1.165) is 95.9 Å². The number of ether oxygens (including phenoxy) is 2. The normalized spacial score (nSPS) is 16.3. The maximum Gasteiger partial charge on any atom is 0.410 e. The Bertz CT molecular complexity index is 2900. The maximum absolute atomic E-state index is 12.3. The lowest BCUT2D eigenvalue weighted by molar-refractivity contribution is -0.114. The minimum Gasteiger partial charge on any atom is -0.497 e. The lowest BCUT2D eigenvalue weighted by Crippen LogP contribution is -2.48. The number of piperidine rings is 1. The highest BCUT2D eigenvalue weighted by atomic mass is 16.6. The van der Waals surface area contributed by atoms with Crippen LogP contribution in [0.15, 0.2) is 127 Å². The van der Waals surface area contributed by atoms with Crippen molar-refractivity contribution in [3.8, 4) is 16.9 Å². The van der Waals surface area contributed by atoms with Gasteiger partial charge in [-0.25, -0.2) is 4.79 Å². The van der Waals surface area contributed by atoms with Gasteiger partial charge >= 0.3 is 6.09 Å². The number of amides is 2. The smallest absolute Gasteiger partial charge is 0.410 e. The minimum absolute atomic E-state index is 0.0173. The summed E-state index contributed by atoms with van der Waals surface area (Å²) >= 11 is 0. The van der Waals surface area contributed by atoms with Gasteiger partial charge in [-0.3, -0.25) is 9.69 Å². The van der Waals surface area contributed by atoms with Gasteiger partial charge in [0.2, 0.25) is 5.91 Å². The van der Waals surface area contributed by atoms with E-state index >= 15 is 0 Å². The average molecular weight is 1010 g/mol. The second-order valence-corrected chi connectivity index (χ2v) is 22.3. The number of rotatable bonds is 3. The Hall–Kier alpha value is -6.98. The topological polar surface area (TPSA) is 84.1 Å². The van der Waals surface area contributed by atoms with Crippen LogP contribution in [0, 0.1) is 6.92 Å². The van der Waals surface area contributed by atoms with Crippen molar-refractivity contribution in [2.75, 3.05) is 107 Å². The molecular formula is C64H81N7O4. The number of aryl methyl sites for hydroxylation is 1. The van der Waals surface area contributed by atoms with Crippen LogP contribution < -0.4 is 29.7 Å². The Morgan fingerprint density at radius 3 is 1.80 bits per heavy atom. The van der Waals surface area contributed by atoms with E-state index in [-0.39, 0.29) is 17.4 Å². The number of carbonyl (C=O) groups excluding carboxylic acids is 2. The number of anilines is 5. The molecule has 1 spiro atoms. The molecule has 0 atom stereocenters. The van der Waals surface area contributed by atoms with E-state index in [4.69, 9.17) is 9.47 Å². The molecule has 0 bridgehead atoms. The number of fused-ring (bicyclic) bond motifs is 6. The molecular weight excluding hydrogens is 931 g/mol. The second kappa shape index (κ2) is 23.7. The van der Waals surface area contributed by atoms with Gasteiger partial charge in [0.25, 0.3) is 0 Å². The number of methoxy groups -OCH3 is 1. The van der Waals surface area contributed by atoms with Gasteiger partial charge < -0.3 is 39.3 Å². The first kappa shape index (κ1) is 54.3. The number of likely N-dealkylation sites (N-methyl/N-ethyl adjacent to an activating group) is 4. The third-order valence-electron chi connectivity index (χ3n) is 15.3. The van der Waals surface area contributed by atoms with Gasteiger partial charge in [0, 0.05) is 121 Å². The third-order valence-corrected chi connectivity index (χ3v) is 15.3. The van der Waals surface area contributed by atoms with Crippen LogP contribution in [0.4, 0.5) is 33.2 Å².